The number of pyridine rings is 1. The maximum Gasteiger partial charge on any atom is 0.423 e. The molecule has 4 rings (SSSR count). The Labute approximate surface area is 203 Å². The maximum absolute atomic E-state index is 12.9. The molecule has 0 aliphatic heterocycles. The molecule has 1 fully saturated rings. The fourth-order valence-electron chi connectivity index (χ4n) is 5.36. The summed E-state index contributed by atoms with van der Waals surface area (Å²) >= 11 is 0. The zero-order valence-electron chi connectivity index (χ0n) is 20.7. The van der Waals surface area contributed by atoms with E-state index in [1.807, 2.05) is 6.92 Å². The highest BCUT2D eigenvalue weighted by Crippen LogP contribution is 2.40. The van der Waals surface area contributed by atoms with Crippen LogP contribution in [0.25, 0.3) is 11.1 Å². The second-order valence-electron chi connectivity index (χ2n) is 9.43. The summed E-state index contributed by atoms with van der Waals surface area (Å²) in [4.78, 5) is 42.4. The molecule has 0 bridgehead atoms. The van der Waals surface area contributed by atoms with E-state index in [2.05, 4.69) is 37.0 Å². The van der Waals surface area contributed by atoms with E-state index in [1.54, 1.807) is 0 Å². The summed E-state index contributed by atoms with van der Waals surface area (Å²) in [5, 5.41) is 0. The molecule has 1 aliphatic rings. The first-order valence-corrected chi connectivity index (χ1v) is 12.1. The van der Waals surface area contributed by atoms with Gasteiger partial charge in [0.1, 0.15) is 12.6 Å². The Hall–Kier alpha value is -3.42. The molecule has 0 spiro atoms. The topological polar surface area (TPSA) is 101 Å². The summed E-state index contributed by atoms with van der Waals surface area (Å²) < 4.78 is 17.0. The highest BCUT2D eigenvalue weighted by molar-refractivity contribution is 5.77. The summed E-state index contributed by atoms with van der Waals surface area (Å²) in [7, 11) is 1.40. The summed E-state index contributed by atoms with van der Waals surface area (Å²) in [6, 6.07) is 7.87. The molecule has 2 atom stereocenters. The number of rotatable bonds is 7. The maximum atomic E-state index is 12.9. The van der Waals surface area contributed by atoms with Crippen LogP contribution in [0.2, 0.25) is 0 Å². The Morgan fingerprint density at radius 3 is 2.60 bits per heavy atom. The third-order valence-electron chi connectivity index (χ3n) is 7.00. The van der Waals surface area contributed by atoms with Crippen molar-refractivity contribution < 1.29 is 18.7 Å². The molecule has 8 heteroatoms. The number of methoxy groups -OCH3 is 1. The lowest BCUT2D eigenvalue weighted by Gasteiger charge is -2.35. The van der Waals surface area contributed by atoms with Crippen molar-refractivity contribution in [3.63, 3.8) is 0 Å². The molecular formula is C27H32N2O6. The minimum Gasteiger partial charge on any atom is -0.493 e. The minimum absolute atomic E-state index is 0.0375. The van der Waals surface area contributed by atoms with Crippen molar-refractivity contribution in [3.8, 4) is 5.75 Å². The molecule has 2 heterocycles. The molecule has 0 amide bonds. The van der Waals surface area contributed by atoms with E-state index < -0.39 is 29.9 Å². The zero-order valence-corrected chi connectivity index (χ0v) is 20.7. The van der Waals surface area contributed by atoms with Gasteiger partial charge in [-0.15, -0.1) is 0 Å². The molecule has 186 valence electrons. The van der Waals surface area contributed by atoms with Crippen LogP contribution in [0, 0.1) is 19.8 Å². The zero-order chi connectivity index (χ0) is 25.1. The summed E-state index contributed by atoms with van der Waals surface area (Å²) in [5.41, 5.74) is 2.69. The monoisotopic (exact) mass is 480 g/mol. The van der Waals surface area contributed by atoms with Gasteiger partial charge in [0.25, 0.3) is 5.56 Å². The molecule has 0 N–H and O–H groups in total. The van der Waals surface area contributed by atoms with Gasteiger partial charge in [-0.3, -0.25) is 9.59 Å². The molecule has 8 nitrogen and oxygen atoms in total. The quantitative estimate of drug-likeness (QED) is 0.466. The summed E-state index contributed by atoms with van der Waals surface area (Å²) in [6.07, 6.45) is 6.68. The Morgan fingerprint density at radius 1 is 1.17 bits per heavy atom. The van der Waals surface area contributed by atoms with E-state index in [0.717, 1.165) is 30.3 Å². The number of aryl methyl sites for hydroxylation is 2. The predicted octanol–water partition coefficient (Wildman–Crippen LogP) is 4.27. The number of ether oxygens (including phenoxy) is 2. The van der Waals surface area contributed by atoms with Crippen molar-refractivity contribution in [2.75, 3.05) is 7.11 Å². The van der Waals surface area contributed by atoms with Crippen LogP contribution < -0.4 is 16.1 Å². The van der Waals surface area contributed by atoms with Crippen LogP contribution in [0.5, 0.6) is 5.75 Å². The van der Waals surface area contributed by atoms with E-state index in [1.165, 1.54) is 42.5 Å². The van der Waals surface area contributed by atoms with Crippen LogP contribution in [0.4, 0.5) is 0 Å². The number of hydrogen-bond acceptors (Lipinski definition) is 7. The van der Waals surface area contributed by atoms with Crippen LogP contribution >= 0.6 is 0 Å². The van der Waals surface area contributed by atoms with Crippen LogP contribution in [-0.4, -0.2) is 28.7 Å². The number of aromatic nitrogens is 2. The van der Waals surface area contributed by atoms with Gasteiger partial charge in [0, 0.05) is 18.2 Å². The molecule has 1 aliphatic carbocycles. The SMILES string of the molecule is COc1ccnc2c(=O)n(CC(=O)OC(C)C(c3ccc(C)cc3C)C3CCCCC3)c(=O)oc12. The van der Waals surface area contributed by atoms with E-state index in [0.29, 0.717) is 5.92 Å². The number of fused-ring (bicyclic) bond motifs is 1. The lowest BCUT2D eigenvalue weighted by molar-refractivity contribution is -0.151. The van der Waals surface area contributed by atoms with Crippen LogP contribution in [0.1, 0.15) is 61.6 Å². The highest BCUT2D eigenvalue weighted by atomic mass is 16.5. The normalized spacial score (nSPS) is 16.1. The second kappa shape index (κ2) is 10.5. The molecule has 1 aromatic carbocycles. The van der Waals surface area contributed by atoms with E-state index in [4.69, 9.17) is 13.9 Å². The molecule has 35 heavy (non-hydrogen) atoms. The number of esters is 1. The third kappa shape index (κ3) is 5.16. The summed E-state index contributed by atoms with van der Waals surface area (Å²) in [5.74, 6) is -0.971. The Kier molecular flexibility index (Phi) is 7.38. The van der Waals surface area contributed by atoms with Gasteiger partial charge < -0.3 is 13.9 Å². The van der Waals surface area contributed by atoms with Gasteiger partial charge in [0.05, 0.1) is 7.11 Å². The van der Waals surface area contributed by atoms with Crippen molar-refractivity contribution in [3.05, 3.63) is 68.1 Å². The number of carbonyl (C=O) groups is 1. The number of nitrogens with zero attached hydrogens (tertiary/aromatic N) is 2. The molecule has 2 aromatic heterocycles. The van der Waals surface area contributed by atoms with Gasteiger partial charge in [-0.25, -0.2) is 14.3 Å². The van der Waals surface area contributed by atoms with Crippen LogP contribution in [0.3, 0.4) is 0 Å². The van der Waals surface area contributed by atoms with Gasteiger partial charge in [-0.05, 0) is 50.7 Å². The van der Waals surface area contributed by atoms with Gasteiger partial charge in [0.2, 0.25) is 5.58 Å². The predicted molar refractivity (Wildman–Crippen MR) is 132 cm³/mol. The average molecular weight is 481 g/mol. The molecule has 0 saturated heterocycles. The first kappa shape index (κ1) is 24.7. The van der Waals surface area contributed by atoms with Crippen molar-refractivity contribution >= 4 is 17.1 Å². The number of benzene rings is 1. The van der Waals surface area contributed by atoms with E-state index >= 15 is 0 Å². The highest BCUT2D eigenvalue weighted by Gasteiger charge is 2.33. The Balaban J connectivity index is 1.60. The molecule has 2 unspecified atom stereocenters. The van der Waals surface area contributed by atoms with E-state index in [9.17, 15) is 14.4 Å². The Morgan fingerprint density at radius 2 is 1.91 bits per heavy atom. The van der Waals surface area contributed by atoms with Gasteiger partial charge in [-0.1, -0.05) is 43.0 Å². The fourth-order valence-corrected chi connectivity index (χ4v) is 5.36. The van der Waals surface area contributed by atoms with E-state index in [-0.39, 0.29) is 22.8 Å². The van der Waals surface area contributed by atoms with Gasteiger partial charge in [-0.2, -0.15) is 0 Å². The average Bonchev–Trinajstić information content (AvgIpc) is 2.83. The smallest absolute Gasteiger partial charge is 0.423 e. The second-order valence-corrected chi connectivity index (χ2v) is 9.43. The van der Waals surface area contributed by atoms with Gasteiger partial charge in [0.15, 0.2) is 11.3 Å². The molecular weight excluding hydrogens is 448 g/mol. The third-order valence-corrected chi connectivity index (χ3v) is 7.00. The fraction of sp³-hybridized carbons (Fsp3) is 0.481. The lowest BCUT2D eigenvalue weighted by Crippen LogP contribution is -2.38. The summed E-state index contributed by atoms with van der Waals surface area (Å²) in [6.45, 7) is 5.50. The van der Waals surface area contributed by atoms with Crippen LogP contribution in [0.15, 0.2) is 44.5 Å². The number of carbonyl (C=O) groups excluding carboxylic acids is 1. The van der Waals surface area contributed by atoms with Crippen molar-refractivity contribution in [2.45, 2.75) is 71.4 Å². The lowest BCUT2D eigenvalue weighted by atomic mass is 9.73. The number of hydrogen-bond donors (Lipinski definition) is 0. The minimum atomic E-state index is -0.961. The standard InChI is InChI=1S/C27H32N2O6/c1-16-10-11-20(17(2)14-16)23(19-8-6-5-7-9-19)18(3)34-22(30)15-29-26(31)24-25(35-27(29)32)21(33-4)12-13-28-24/h10-14,18-19,23H,5-9,15H2,1-4H3. The molecule has 0 radical (unpaired) electrons. The molecule has 1 saturated carbocycles. The largest absolute Gasteiger partial charge is 0.493 e. The molecule has 3 aromatic rings. The van der Waals surface area contributed by atoms with Gasteiger partial charge >= 0.3 is 11.7 Å². The van der Waals surface area contributed by atoms with Crippen LogP contribution in [-0.2, 0) is 16.1 Å². The van der Waals surface area contributed by atoms with Crippen molar-refractivity contribution in [1.82, 2.24) is 9.55 Å². The van der Waals surface area contributed by atoms with Crippen molar-refractivity contribution in [2.24, 2.45) is 5.92 Å². The first-order valence-electron chi connectivity index (χ1n) is 12.1. The van der Waals surface area contributed by atoms with Crippen molar-refractivity contribution in [1.29, 1.82) is 0 Å². The Bertz CT molecular complexity index is 1340. The first-order chi connectivity index (χ1) is 16.8.